The molecule has 1 fully saturated rings. The molecule has 10 nitrogen and oxygen atoms in total. The van der Waals surface area contributed by atoms with Crippen molar-refractivity contribution in [1.82, 2.24) is 5.32 Å². The second-order valence-electron chi connectivity index (χ2n) is 8.54. The molecule has 0 unspecified atom stereocenters. The molecule has 0 saturated carbocycles. The molecule has 12 heteroatoms. The molecule has 0 radical (unpaired) electrons. The fourth-order valence-corrected chi connectivity index (χ4v) is 4.70. The highest BCUT2D eigenvalue weighted by molar-refractivity contribution is 14.1. The summed E-state index contributed by atoms with van der Waals surface area (Å²) in [5.41, 5.74) is 1.74. The number of rotatable bonds is 8. The normalized spacial score (nSPS) is 14.2. The Kier molecular flexibility index (Phi) is 8.95. The first-order valence-electron chi connectivity index (χ1n) is 11.9. The van der Waals surface area contributed by atoms with Crippen molar-refractivity contribution >= 4 is 75.4 Å². The van der Waals surface area contributed by atoms with Crippen molar-refractivity contribution in [3.63, 3.8) is 0 Å². The number of ether oxygens (including phenoxy) is 2. The van der Waals surface area contributed by atoms with Gasteiger partial charge in [0.25, 0.3) is 17.7 Å². The maximum atomic E-state index is 13.2. The van der Waals surface area contributed by atoms with Gasteiger partial charge in [-0.2, -0.15) is 0 Å². The molecule has 206 valence electrons. The molecule has 5 amide bonds. The van der Waals surface area contributed by atoms with Crippen LogP contribution in [0.1, 0.15) is 18.1 Å². The van der Waals surface area contributed by atoms with Crippen LogP contribution in [0.3, 0.4) is 0 Å². The number of amides is 5. The Balaban J connectivity index is 1.57. The highest BCUT2D eigenvalue weighted by Crippen LogP contribution is 2.35. The Hall–Kier alpha value is -4.10. The van der Waals surface area contributed by atoms with Gasteiger partial charge in [-0.1, -0.05) is 17.7 Å². The number of carbonyl (C=O) groups excluding carboxylic acids is 4. The monoisotopic (exact) mass is 675 g/mol. The summed E-state index contributed by atoms with van der Waals surface area (Å²) in [5.74, 6) is -1.54. The number of barbiturate groups is 1. The van der Waals surface area contributed by atoms with Crippen LogP contribution >= 0.6 is 34.2 Å². The van der Waals surface area contributed by atoms with E-state index in [4.69, 9.17) is 21.1 Å². The summed E-state index contributed by atoms with van der Waals surface area (Å²) >= 11 is 8.12. The van der Waals surface area contributed by atoms with Crippen LogP contribution in [0, 0.1) is 10.5 Å². The highest BCUT2D eigenvalue weighted by atomic mass is 127. The maximum absolute atomic E-state index is 13.2. The number of anilines is 2. The van der Waals surface area contributed by atoms with E-state index in [-0.39, 0.29) is 30.2 Å². The van der Waals surface area contributed by atoms with Crippen LogP contribution in [0.2, 0.25) is 5.02 Å². The van der Waals surface area contributed by atoms with Crippen molar-refractivity contribution < 1.29 is 33.8 Å². The third kappa shape index (κ3) is 6.54. The third-order valence-corrected chi connectivity index (χ3v) is 6.86. The minimum atomic E-state index is -0.905. The first-order valence-corrected chi connectivity index (χ1v) is 13.4. The topological polar surface area (TPSA) is 134 Å². The summed E-state index contributed by atoms with van der Waals surface area (Å²) in [5, 5.41) is 14.9. The number of halogens is 2. The zero-order chi connectivity index (χ0) is 29.0. The molecule has 0 aliphatic carbocycles. The van der Waals surface area contributed by atoms with E-state index in [9.17, 15) is 24.3 Å². The fourth-order valence-electron chi connectivity index (χ4n) is 3.74. The number of aryl methyl sites for hydroxylation is 1. The van der Waals surface area contributed by atoms with Crippen molar-refractivity contribution in [3.8, 4) is 17.2 Å². The van der Waals surface area contributed by atoms with Crippen LogP contribution in [0.4, 0.5) is 16.2 Å². The fraction of sp³-hybridized carbons (Fsp3) is 0.143. The first-order chi connectivity index (χ1) is 19.1. The van der Waals surface area contributed by atoms with Crippen LogP contribution in [0.15, 0.2) is 60.2 Å². The zero-order valence-electron chi connectivity index (χ0n) is 21.3. The molecule has 40 heavy (non-hydrogen) atoms. The summed E-state index contributed by atoms with van der Waals surface area (Å²) in [6.07, 6.45) is 1.33. The van der Waals surface area contributed by atoms with Gasteiger partial charge in [0.05, 0.1) is 15.9 Å². The molecule has 3 aromatic carbocycles. The van der Waals surface area contributed by atoms with Gasteiger partial charge in [0.2, 0.25) is 0 Å². The average molecular weight is 676 g/mol. The predicted molar refractivity (Wildman–Crippen MR) is 158 cm³/mol. The Labute approximate surface area is 248 Å². The molecule has 1 aliphatic heterocycles. The number of phenols is 1. The molecule has 3 aromatic rings. The average Bonchev–Trinajstić information content (AvgIpc) is 2.89. The quantitative estimate of drug-likeness (QED) is 0.173. The van der Waals surface area contributed by atoms with Crippen LogP contribution in [-0.4, -0.2) is 42.1 Å². The van der Waals surface area contributed by atoms with Gasteiger partial charge in [0.15, 0.2) is 18.1 Å². The Morgan fingerprint density at radius 3 is 2.50 bits per heavy atom. The molecule has 4 rings (SSSR count). The lowest BCUT2D eigenvalue weighted by Gasteiger charge is -2.26. The van der Waals surface area contributed by atoms with Crippen molar-refractivity contribution in [2.45, 2.75) is 13.8 Å². The number of nitrogens with one attached hydrogen (secondary N) is 2. The number of hydrogen-bond donors (Lipinski definition) is 3. The Morgan fingerprint density at radius 1 is 1.10 bits per heavy atom. The zero-order valence-corrected chi connectivity index (χ0v) is 24.2. The second kappa shape index (κ2) is 12.4. The lowest BCUT2D eigenvalue weighted by molar-refractivity contribution is -0.122. The molecule has 0 spiro atoms. The molecular weight excluding hydrogens is 653 g/mol. The molecule has 1 aliphatic rings. The van der Waals surface area contributed by atoms with Gasteiger partial charge in [-0.15, -0.1) is 0 Å². The van der Waals surface area contributed by atoms with Gasteiger partial charge in [0.1, 0.15) is 11.3 Å². The van der Waals surface area contributed by atoms with Crippen LogP contribution in [0.5, 0.6) is 17.2 Å². The van der Waals surface area contributed by atoms with E-state index < -0.39 is 23.8 Å². The summed E-state index contributed by atoms with van der Waals surface area (Å²) in [6.45, 7) is 3.60. The number of imide groups is 2. The van der Waals surface area contributed by atoms with E-state index in [0.29, 0.717) is 31.3 Å². The number of urea groups is 1. The van der Waals surface area contributed by atoms with Crippen molar-refractivity contribution in [2.75, 3.05) is 23.4 Å². The van der Waals surface area contributed by atoms with Crippen LogP contribution in [0.25, 0.3) is 6.08 Å². The van der Waals surface area contributed by atoms with Gasteiger partial charge < -0.3 is 19.9 Å². The van der Waals surface area contributed by atoms with E-state index in [1.54, 1.807) is 37.3 Å². The molecule has 0 aromatic heterocycles. The summed E-state index contributed by atoms with van der Waals surface area (Å²) in [4.78, 5) is 51.5. The molecular formula is C28H23ClIN3O7. The minimum Gasteiger partial charge on any atom is -0.508 e. The van der Waals surface area contributed by atoms with Gasteiger partial charge in [-0.25, -0.2) is 9.69 Å². The molecule has 1 heterocycles. The van der Waals surface area contributed by atoms with E-state index in [2.05, 4.69) is 10.6 Å². The summed E-state index contributed by atoms with van der Waals surface area (Å²) < 4.78 is 12.0. The highest BCUT2D eigenvalue weighted by Gasteiger charge is 2.37. The number of nitrogens with zero attached hydrogens (tertiary/aromatic N) is 1. The van der Waals surface area contributed by atoms with Crippen molar-refractivity contribution in [3.05, 3.63) is 79.9 Å². The van der Waals surface area contributed by atoms with E-state index in [1.807, 2.05) is 29.5 Å². The van der Waals surface area contributed by atoms with Gasteiger partial charge in [0, 0.05) is 10.7 Å². The van der Waals surface area contributed by atoms with E-state index in [0.717, 1.165) is 10.5 Å². The van der Waals surface area contributed by atoms with Crippen LogP contribution < -0.4 is 25.0 Å². The first kappa shape index (κ1) is 28.9. The lowest BCUT2D eigenvalue weighted by Crippen LogP contribution is -2.54. The SMILES string of the molecule is CCOc1cc(/C=C2/C(=O)NC(=O)N(c3ccc(O)cc3)C2=O)cc(I)c1OCC(=O)Nc1ccc(C)c(Cl)c1. The van der Waals surface area contributed by atoms with Gasteiger partial charge in [-0.3, -0.25) is 19.7 Å². The maximum Gasteiger partial charge on any atom is 0.335 e. The number of aromatic hydroxyl groups is 1. The molecule has 0 bridgehead atoms. The standard InChI is InChI=1S/C28H23ClIN3O7/c1-3-39-23-12-16(10-20-26(36)32-28(38)33(27(20)37)18-6-8-19(34)9-7-18)11-22(30)25(23)40-14-24(35)31-17-5-4-15(2)21(29)13-17/h4-13,34H,3,14H2,1-2H3,(H,31,35)(H,32,36,38)/b20-10-. The third-order valence-electron chi connectivity index (χ3n) is 5.66. The number of hydrogen-bond acceptors (Lipinski definition) is 7. The number of carbonyl (C=O) groups is 4. The summed E-state index contributed by atoms with van der Waals surface area (Å²) in [6, 6.07) is 12.9. The van der Waals surface area contributed by atoms with E-state index >= 15 is 0 Å². The molecule has 0 atom stereocenters. The largest absolute Gasteiger partial charge is 0.508 e. The molecule has 1 saturated heterocycles. The minimum absolute atomic E-state index is 0.0437. The molecule has 3 N–H and O–H groups in total. The van der Waals surface area contributed by atoms with Crippen molar-refractivity contribution in [1.29, 1.82) is 0 Å². The second-order valence-corrected chi connectivity index (χ2v) is 10.1. The number of benzene rings is 3. The number of phenolic OH excluding ortho intramolecular Hbond substituents is 1. The van der Waals surface area contributed by atoms with Gasteiger partial charge >= 0.3 is 6.03 Å². The Bertz CT molecular complexity index is 1540. The Morgan fingerprint density at radius 2 is 1.82 bits per heavy atom. The van der Waals surface area contributed by atoms with Crippen molar-refractivity contribution in [2.24, 2.45) is 0 Å². The van der Waals surface area contributed by atoms with E-state index in [1.165, 1.54) is 30.3 Å². The smallest absolute Gasteiger partial charge is 0.335 e. The van der Waals surface area contributed by atoms with Crippen LogP contribution in [-0.2, 0) is 14.4 Å². The summed E-state index contributed by atoms with van der Waals surface area (Å²) in [7, 11) is 0. The predicted octanol–water partition coefficient (Wildman–Crippen LogP) is 5.04. The van der Waals surface area contributed by atoms with Gasteiger partial charge in [-0.05, 0) is 102 Å². The lowest BCUT2D eigenvalue weighted by atomic mass is 10.1.